The molecule has 5 nitrogen and oxygen atoms in total. The molecule has 0 aliphatic heterocycles. The fourth-order valence-corrected chi connectivity index (χ4v) is 4.02. The highest BCUT2D eigenvalue weighted by Crippen LogP contribution is 2.25. The minimum atomic E-state index is -0.718. The average Bonchev–Trinajstić information content (AvgIpc) is 2.73. The summed E-state index contributed by atoms with van der Waals surface area (Å²) < 4.78 is 0. The molecule has 0 spiro atoms. The smallest absolute Gasteiger partial charge is 0.253 e. The summed E-state index contributed by atoms with van der Waals surface area (Å²) in [5, 5.41) is 7.27. The fourth-order valence-electron chi connectivity index (χ4n) is 3.06. The monoisotopic (exact) mass is 461 g/mol. The van der Waals surface area contributed by atoms with E-state index in [1.54, 1.807) is 30.1 Å². The molecule has 1 atom stereocenters. The second-order valence-corrected chi connectivity index (χ2v) is 8.58. The van der Waals surface area contributed by atoms with E-state index in [4.69, 9.17) is 23.2 Å². The van der Waals surface area contributed by atoms with Gasteiger partial charge in [-0.2, -0.15) is 11.8 Å². The average molecular weight is 462 g/mol. The molecule has 1 unspecified atom stereocenters. The second-order valence-electron chi connectivity index (χ2n) is 6.75. The van der Waals surface area contributed by atoms with Crippen LogP contribution in [0.15, 0.2) is 48.7 Å². The van der Waals surface area contributed by atoms with Gasteiger partial charge in [-0.25, -0.2) is 0 Å². The number of hydrogen-bond acceptors (Lipinski definition) is 4. The van der Waals surface area contributed by atoms with Gasteiger partial charge in [-0.15, -0.1) is 0 Å². The van der Waals surface area contributed by atoms with E-state index in [2.05, 4.69) is 15.6 Å². The number of benzene rings is 2. The van der Waals surface area contributed by atoms with Gasteiger partial charge in [-0.3, -0.25) is 14.6 Å². The second kappa shape index (κ2) is 10.2. The number of nitrogens with one attached hydrogen (secondary N) is 2. The van der Waals surface area contributed by atoms with Gasteiger partial charge in [0.25, 0.3) is 5.91 Å². The van der Waals surface area contributed by atoms with E-state index in [0.29, 0.717) is 22.9 Å². The van der Waals surface area contributed by atoms with Crippen molar-refractivity contribution in [3.8, 4) is 0 Å². The van der Waals surface area contributed by atoms with Gasteiger partial charge in [0.05, 0.1) is 21.8 Å². The minimum absolute atomic E-state index is 0.236. The maximum Gasteiger partial charge on any atom is 0.253 e. The zero-order valence-electron chi connectivity index (χ0n) is 16.5. The molecule has 0 bridgehead atoms. The maximum atomic E-state index is 13.0. The quantitative estimate of drug-likeness (QED) is 0.497. The van der Waals surface area contributed by atoms with Crippen LogP contribution in [-0.2, 0) is 4.79 Å². The van der Waals surface area contributed by atoms with Crippen molar-refractivity contribution in [1.82, 2.24) is 10.3 Å². The summed E-state index contributed by atoms with van der Waals surface area (Å²) in [6.45, 7) is 1.97. The van der Waals surface area contributed by atoms with Crippen LogP contribution in [0.2, 0.25) is 10.0 Å². The summed E-state index contributed by atoms with van der Waals surface area (Å²) in [5.41, 5.74) is 2.77. The van der Waals surface area contributed by atoms with Crippen LogP contribution in [0.25, 0.3) is 10.9 Å². The molecule has 0 aliphatic rings. The van der Waals surface area contributed by atoms with Crippen LogP contribution in [0.3, 0.4) is 0 Å². The first-order valence-corrected chi connectivity index (χ1v) is 11.5. The molecular formula is C22H21Cl2N3O2S. The van der Waals surface area contributed by atoms with Gasteiger partial charge in [0.15, 0.2) is 0 Å². The van der Waals surface area contributed by atoms with Crippen molar-refractivity contribution < 1.29 is 9.59 Å². The number of pyridine rings is 1. The normalized spacial score (nSPS) is 11.9. The summed E-state index contributed by atoms with van der Waals surface area (Å²) in [4.78, 5) is 30.2. The van der Waals surface area contributed by atoms with Gasteiger partial charge in [0, 0.05) is 16.6 Å². The van der Waals surface area contributed by atoms with Crippen LogP contribution in [0.4, 0.5) is 5.69 Å². The summed E-state index contributed by atoms with van der Waals surface area (Å²) in [6, 6.07) is 11.4. The lowest BCUT2D eigenvalue weighted by atomic mass is 10.1. The highest BCUT2D eigenvalue weighted by Gasteiger charge is 2.23. The third-order valence-corrected chi connectivity index (χ3v) is 5.83. The van der Waals surface area contributed by atoms with Gasteiger partial charge in [-0.05, 0) is 67.3 Å². The molecule has 3 aromatic rings. The van der Waals surface area contributed by atoms with Crippen molar-refractivity contribution in [3.05, 3.63) is 69.8 Å². The highest BCUT2D eigenvalue weighted by molar-refractivity contribution is 7.98. The molecule has 0 fully saturated rings. The third kappa shape index (κ3) is 5.25. The molecule has 0 saturated heterocycles. The molecule has 156 valence electrons. The maximum absolute atomic E-state index is 13.0. The number of carbonyl (C=O) groups is 2. The van der Waals surface area contributed by atoms with Gasteiger partial charge < -0.3 is 10.6 Å². The lowest BCUT2D eigenvalue weighted by Gasteiger charge is -2.19. The number of aromatic nitrogens is 1. The lowest BCUT2D eigenvalue weighted by molar-refractivity contribution is -0.118. The van der Waals surface area contributed by atoms with Crippen molar-refractivity contribution in [2.24, 2.45) is 0 Å². The summed E-state index contributed by atoms with van der Waals surface area (Å²) in [6.07, 6.45) is 4.15. The van der Waals surface area contributed by atoms with E-state index in [0.717, 1.165) is 16.5 Å². The van der Waals surface area contributed by atoms with Crippen LogP contribution >= 0.6 is 35.0 Å². The van der Waals surface area contributed by atoms with Crippen molar-refractivity contribution >= 4 is 63.4 Å². The van der Waals surface area contributed by atoms with Crippen LogP contribution in [-0.4, -0.2) is 34.8 Å². The Balaban J connectivity index is 1.82. The van der Waals surface area contributed by atoms with E-state index < -0.39 is 11.9 Å². The Morgan fingerprint density at radius 1 is 1.17 bits per heavy atom. The molecule has 30 heavy (non-hydrogen) atoms. The number of carbonyl (C=O) groups excluding carboxylic acids is 2. The Bertz CT molecular complexity index is 1090. The molecule has 2 N–H and O–H groups in total. The molecule has 0 radical (unpaired) electrons. The van der Waals surface area contributed by atoms with Gasteiger partial charge in [-0.1, -0.05) is 29.3 Å². The predicted molar refractivity (Wildman–Crippen MR) is 126 cm³/mol. The molecule has 2 aromatic carbocycles. The Labute approximate surface area is 189 Å². The summed E-state index contributed by atoms with van der Waals surface area (Å²) in [5.74, 6) is -0.00651. The Morgan fingerprint density at radius 3 is 2.70 bits per heavy atom. The van der Waals surface area contributed by atoms with Crippen LogP contribution in [0.5, 0.6) is 0 Å². The van der Waals surface area contributed by atoms with Crippen LogP contribution in [0.1, 0.15) is 22.3 Å². The van der Waals surface area contributed by atoms with Gasteiger partial charge in [0.1, 0.15) is 6.04 Å². The molecule has 0 aliphatic carbocycles. The highest BCUT2D eigenvalue weighted by atomic mass is 35.5. The largest absolute Gasteiger partial charge is 0.340 e. The van der Waals surface area contributed by atoms with E-state index >= 15 is 0 Å². The first-order valence-electron chi connectivity index (χ1n) is 9.30. The number of nitrogens with zero attached hydrogens (tertiary/aromatic N) is 1. The summed E-state index contributed by atoms with van der Waals surface area (Å²) >= 11 is 13.7. The Hall–Kier alpha value is -2.28. The number of anilines is 1. The molecular weight excluding hydrogens is 441 g/mol. The zero-order valence-corrected chi connectivity index (χ0v) is 18.9. The first kappa shape index (κ1) is 22.4. The topological polar surface area (TPSA) is 71.1 Å². The molecule has 2 amide bonds. The molecule has 1 aromatic heterocycles. The van der Waals surface area contributed by atoms with Crippen molar-refractivity contribution in [1.29, 1.82) is 0 Å². The van der Waals surface area contributed by atoms with Gasteiger partial charge >= 0.3 is 0 Å². The van der Waals surface area contributed by atoms with E-state index in [9.17, 15) is 9.59 Å². The lowest BCUT2D eigenvalue weighted by Crippen LogP contribution is -2.44. The molecule has 0 saturated carbocycles. The molecule has 1 heterocycles. The number of aryl methyl sites for hydroxylation is 1. The van der Waals surface area contributed by atoms with Crippen molar-refractivity contribution in [2.45, 2.75) is 19.4 Å². The zero-order chi connectivity index (χ0) is 21.7. The van der Waals surface area contributed by atoms with Crippen LogP contribution < -0.4 is 10.6 Å². The number of rotatable bonds is 7. The Kier molecular flexibility index (Phi) is 7.58. The van der Waals surface area contributed by atoms with Gasteiger partial charge in [0.2, 0.25) is 5.91 Å². The number of hydrogen-bond donors (Lipinski definition) is 2. The first-order chi connectivity index (χ1) is 14.4. The van der Waals surface area contributed by atoms with E-state index in [1.165, 1.54) is 6.07 Å². The number of fused-ring (bicyclic) bond motifs is 1. The molecule has 3 rings (SSSR count). The number of halogens is 2. The fraction of sp³-hybridized carbons (Fsp3) is 0.227. The SMILES string of the molecule is CSCCC(NC(=O)c1ccc(Cl)cc1Cl)C(=O)Nc1ccc(C)c2ncccc12. The number of thioether (sulfide) groups is 1. The summed E-state index contributed by atoms with van der Waals surface area (Å²) in [7, 11) is 0. The van der Waals surface area contributed by atoms with E-state index in [-0.39, 0.29) is 16.5 Å². The van der Waals surface area contributed by atoms with Crippen LogP contribution in [0, 0.1) is 6.92 Å². The number of amides is 2. The predicted octanol–water partition coefficient (Wildman–Crippen LogP) is 5.34. The standard InChI is InChI=1S/C22H21Cl2N3O2S/c1-13-5-8-18(16-4-3-10-25-20(13)16)26-22(29)19(9-11-30-2)27-21(28)15-7-6-14(23)12-17(15)24/h3-8,10,12,19H,9,11H2,1-2H3,(H,26,29)(H,27,28). The third-order valence-electron chi connectivity index (χ3n) is 4.64. The molecule has 8 heteroatoms. The Morgan fingerprint density at radius 2 is 1.97 bits per heavy atom. The van der Waals surface area contributed by atoms with Crippen molar-refractivity contribution in [3.63, 3.8) is 0 Å². The van der Waals surface area contributed by atoms with Crippen molar-refractivity contribution in [2.75, 3.05) is 17.3 Å². The van der Waals surface area contributed by atoms with E-state index in [1.807, 2.05) is 37.4 Å². The minimum Gasteiger partial charge on any atom is -0.340 e.